The van der Waals surface area contributed by atoms with Crippen LogP contribution in [0.5, 0.6) is 0 Å². The molecule has 1 aliphatic rings. The van der Waals surface area contributed by atoms with Crippen molar-refractivity contribution in [3.63, 3.8) is 0 Å². The van der Waals surface area contributed by atoms with Crippen molar-refractivity contribution in [3.8, 4) is 0 Å². The van der Waals surface area contributed by atoms with Crippen molar-refractivity contribution in [2.24, 2.45) is 0 Å². The summed E-state index contributed by atoms with van der Waals surface area (Å²) in [4.78, 5) is 42.1. The van der Waals surface area contributed by atoms with E-state index >= 15 is 0 Å². The number of fused-ring (bicyclic) bond motifs is 2. The quantitative estimate of drug-likeness (QED) is 0.390. The second-order valence-corrected chi connectivity index (χ2v) is 7.74. The topological polar surface area (TPSA) is 76.6 Å². The Kier molecular flexibility index (Phi) is 4.21. The van der Waals surface area contributed by atoms with Crippen LogP contribution in [-0.4, -0.2) is 35.6 Å². The third-order valence-electron chi connectivity index (χ3n) is 3.95. The summed E-state index contributed by atoms with van der Waals surface area (Å²) in [7, 11) is 1.34. The van der Waals surface area contributed by atoms with E-state index in [2.05, 4.69) is 9.72 Å². The standard InChI is InChI=1S/C18H12N2O4S2/c1-24-15(21)9-25-18-19-13-7-6-10(8-14(13)26-18)20-16(22)11-4-2-3-5-12(11)17(20)23/h2-8H,9H2,1H3. The summed E-state index contributed by atoms with van der Waals surface area (Å²) in [5, 5.41) is 0. The number of ether oxygens (including phenoxy) is 1. The predicted molar refractivity (Wildman–Crippen MR) is 99.9 cm³/mol. The SMILES string of the molecule is COC(=O)CSc1nc2ccc(N3C(=O)c4ccccc4C3=O)cc2s1. The van der Waals surface area contributed by atoms with Crippen molar-refractivity contribution >= 4 is 56.8 Å². The lowest BCUT2D eigenvalue weighted by molar-refractivity contribution is -0.137. The molecular formula is C18H12N2O4S2. The first-order chi connectivity index (χ1) is 12.6. The minimum atomic E-state index is -0.324. The highest BCUT2D eigenvalue weighted by molar-refractivity contribution is 8.01. The molecule has 0 radical (unpaired) electrons. The number of nitrogens with zero attached hydrogens (tertiary/aromatic N) is 2. The minimum Gasteiger partial charge on any atom is -0.468 e. The third-order valence-corrected chi connectivity index (χ3v) is 6.08. The predicted octanol–water partition coefficient (Wildman–Crippen LogP) is 3.36. The van der Waals surface area contributed by atoms with Crippen LogP contribution in [0.4, 0.5) is 5.69 Å². The number of thioether (sulfide) groups is 1. The van der Waals surface area contributed by atoms with Crippen LogP contribution >= 0.6 is 23.1 Å². The number of hydrogen-bond donors (Lipinski definition) is 0. The molecule has 2 amide bonds. The van der Waals surface area contributed by atoms with Crippen LogP contribution in [0.25, 0.3) is 10.2 Å². The zero-order chi connectivity index (χ0) is 18.3. The number of imide groups is 1. The van der Waals surface area contributed by atoms with Gasteiger partial charge in [0.05, 0.1) is 39.9 Å². The van der Waals surface area contributed by atoms with E-state index in [-0.39, 0.29) is 23.5 Å². The van der Waals surface area contributed by atoms with E-state index in [1.54, 1.807) is 42.5 Å². The van der Waals surface area contributed by atoms with Crippen LogP contribution in [0.2, 0.25) is 0 Å². The highest BCUT2D eigenvalue weighted by Gasteiger charge is 2.36. The Balaban J connectivity index is 1.65. The summed E-state index contributed by atoms with van der Waals surface area (Å²) in [6.07, 6.45) is 0. The number of esters is 1. The normalized spacial score (nSPS) is 13.3. The molecule has 0 bridgehead atoms. The highest BCUT2D eigenvalue weighted by atomic mass is 32.2. The van der Waals surface area contributed by atoms with Gasteiger partial charge >= 0.3 is 5.97 Å². The maximum Gasteiger partial charge on any atom is 0.316 e. The number of rotatable bonds is 4. The number of aromatic nitrogens is 1. The number of benzene rings is 2. The van der Waals surface area contributed by atoms with Crippen LogP contribution in [0.3, 0.4) is 0 Å². The number of hydrogen-bond acceptors (Lipinski definition) is 7. The molecule has 2 heterocycles. The first-order valence-corrected chi connectivity index (χ1v) is 9.46. The molecule has 0 spiro atoms. The second kappa shape index (κ2) is 6.54. The van der Waals surface area contributed by atoms with Crippen LogP contribution in [0.1, 0.15) is 20.7 Å². The first kappa shape index (κ1) is 16.7. The fourth-order valence-corrected chi connectivity index (χ4v) is 4.63. The van der Waals surface area contributed by atoms with E-state index in [9.17, 15) is 14.4 Å². The second-order valence-electron chi connectivity index (χ2n) is 5.49. The molecule has 3 aromatic rings. The largest absolute Gasteiger partial charge is 0.468 e. The van der Waals surface area contributed by atoms with E-state index in [1.807, 2.05) is 0 Å². The van der Waals surface area contributed by atoms with Crippen molar-refractivity contribution < 1.29 is 19.1 Å². The molecule has 130 valence electrons. The van der Waals surface area contributed by atoms with E-state index in [1.165, 1.54) is 35.1 Å². The Morgan fingerprint density at radius 3 is 2.50 bits per heavy atom. The lowest BCUT2D eigenvalue weighted by Gasteiger charge is -2.13. The van der Waals surface area contributed by atoms with Crippen LogP contribution < -0.4 is 4.90 Å². The molecule has 0 unspecified atom stereocenters. The van der Waals surface area contributed by atoms with Crippen LogP contribution in [0.15, 0.2) is 46.8 Å². The summed E-state index contributed by atoms with van der Waals surface area (Å²) in [6.45, 7) is 0. The van der Waals surface area contributed by atoms with E-state index in [0.717, 1.165) is 14.6 Å². The van der Waals surface area contributed by atoms with Gasteiger partial charge in [-0.05, 0) is 30.3 Å². The maximum absolute atomic E-state index is 12.6. The van der Waals surface area contributed by atoms with Gasteiger partial charge in [-0.15, -0.1) is 11.3 Å². The average Bonchev–Trinajstić information content (AvgIpc) is 3.18. The molecule has 0 saturated heterocycles. The maximum atomic E-state index is 12.6. The molecule has 0 aliphatic carbocycles. The molecule has 0 atom stereocenters. The van der Waals surface area contributed by atoms with Gasteiger partial charge in [-0.3, -0.25) is 14.4 Å². The average molecular weight is 384 g/mol. The Labute approximate surface area is 156 Å². The number of carbonyl (C=O) groups excluding carboxylic acids is 3. The molecule has 1 aliphatic heterocycles. The Morgan fingerprint density at radius 2 is 1.85 bits per heavy atom. The number of anilines is 1. The summed E-state index contributed by atoms with van der Waals surface area (Å²) in [5.74, 6) is -0.785. The van der Waals surface area contributed by atoms with Crippen molar-refractivity contribution in [1.82, 2.24) is 4.98 Å². The van der Waals surface area contributed by atoms with Gasteiger partial charge in [-0.25, -0.2) is 9.88 Å². The van der Waals surface area contributed by atoms with E-state index < -0.39 is 0 Å². The monoisotopic (exact) mass is 384 g/mol. The summed E-state index contributed by atoms with van der Waals surface area (Å²) in [5.41, 5.74) is 2.09. The number of thiazole rings is 1. The Morgan fingerprint density at radius 1 is 1.15 bits per heavy atom. The molecule has 0 fully saturated rings. The van der Waals surface area contributed by atoms with E-state index in [4.69, 9.17) is 0 Å². The van der Waals surface area contributed by atoms with Crippen molar-refractivity contribution in [2.45, 2.75) is 4.34 Å². The molecule has 0 N–H and O–H groups in total. The highest BCUT2D eigenvalue weighted by Crippen LogP contribution is 2.34. The van der Waals surface area contributed by atoms with Gasteiger partial charge < -0.3 is 4.74 Å². The lowest BCUT2D eigenvalue weighted by Crippen LogP contribution is -2.29. The zero-order valence-corrected chi connectivity index (χ0v) is 15.2. The van der Waals surface area contributed by atoms with Gasteiger partial charge in [-0.1, -0.05) is 23.9 Å². The van der Waals surface area contributed by atoms with Crippen LogP contribution in [0, 0.1) is 0 Å². The van der Waals surface area contributed by atoms with Gasteiger partial charge in [0.2, 0.25) is 0 Å². The number of methoxy groups -OCH3 is 1. The molecule has 0 saturated carbocycles. The fourth-order valence-electron chi connectivity index (χ4n) is 2.70. The summed E-state index contributed by atoms with van der Waals surface area (Å²) >= 11 is 2.70. The van der Waals surface area contributed by atoms with Gasteiger partial charge in [0.25, 0.3) is 11.8 Å². The molecule has 1 aromatic heterocycles. The molecular weight excluding hydrogens is 372 g/mol. The molecule has 26 heavy (non-hydrogen) atoms. The van der Waals surface area contributed by atoms with Crippen molar-refractivity contribution in [2.75, 3.05) is 17.8 Å². The Hall–Kier alpha value is -2.71. The van der Waals surface area contributed by atoms with Gasteiger partial charge in [0.1, 0.15) is 0 Å². The first-order valence-electron chi connectivity index (χ1n) is 7.66. The van der Waals surface area contributed by atoms with Crippen molar-refractivity contribution in [1.29, 1.82) is 0 Å². The van der Waals surface area contributed by atoms with E-state index in [0.29, 0.717) is 16.8 Å². The van der Waals surface area contributed by atoms with Crippen LogP contribution in [-0.2, 0) is 9.53 Å². The molecule has 4 rings (SSSR count). The summed E-state index contributed by atoms with van der Waals surface area (Å²) < 4.78 is 6.19. The van der Waals surface area contributed by atoms with Crippen molar-refractivity contribution in [3.05, 3.63) is 53.6 Å². The molecule has 8 heteroatoms. The van der Waals surface area contributed by atoms with Gasteiger partial charge in [-0.2, -0.15) is 0 Å². The molecule has 2 aromatic carbocycles. The zero-order valence-electron chi connectivity index (χ0n) is 13.6. The minimum absolute atomic E-state index is 0.182. The third kappa shape index (κ3) is 2.77. The molecule has 6 nitrogen and oxygen atoms in total. The lowest BCUT2D eigenvalue weighted by atomic mass is 10.1. The number of amides is 2. The Bertz CT molecular complexity index is 1030. The number of carbonyl (C=O) groups is 3. The fraction of sp³-hybridized carbons (Fsp3) is 0.111. The van der Waals surface area contributed by atoms with Gasteiger partial charge in [0, 0.05) is 0 Å². The van der Waals surface area contributed by atoms with Gasteiger partial charge in [0.15, 0.2) is 4.34 Å². The summed E-state index contributed by atoms with van der Waals surface area (Å²) in [6, 6.07) is 12.0. The smallest absolute Gasteiger partial charge is 0.316 e.